The van der Waals surface area contributed by atoms with Crippen LogP contribution in [-0.2, 0) is 22.9 Å². The number of pyridine rings is 2. The molecule has 9 heteroatoms. The summed E-state index contributed by atoms with van der Waals surface area (Å²) in [7, 11) is 1.46. The Morgan fingerprint density at radius 3 is 2.58 bits per heavy atom. The van der Waals surface area contributed by atoms with Crippen LogP contribution in [0, 0.1) is 6.92 Å². The number of rotatable bonds is 6. The molecule has 6 nitrogen and oxygen atoms in total. The average molecular weight is 458 g/mol. The predicted molar refractivity (Wildman–Crippen MR) is 113 cm³/mol. The summed E-state index contributed by atoms with van der Waals surface area (Å²) in [5.74, 6) is -0.0455. The van der Waals surface area contributed by atoms with Crippen LogP contribution in [0.3, 0.4) is 0 Å². The number of alkyl halides is 3. The van der Waals surface area contributed by atoms with Crippen molar-refractivity contribution >= 4 is 5.78 Å². The molecule has 0 unspecified atom stereocenters. The molecular weight excluding hydrogens is 437 g/mol. The van der Waals surface area contributed by atoms with E-state index in [9.17, 15) is 23.1 Å². The Morgan fingerprint density at radius 2 is 1.94 bits per heavy atom. The van der Waals surface area contributed by atoms with Crippen molar-refractivity contribution in [3.8, 4) is 17.0 Å². The van der Waals surface area contributed by atoms with Gasteiger partial charge >= 0.3 is 6.18 Å². The van der Waals surface area contributed by atoms with Gasteiger partial charge in [0, 0.05) is 29.9 Å². The SMILES string of the molecule is COc1ncc(-c2cc(C(=O)Cc3ccnc(C(F)(F)F)c3)ccc2C)cc1C1(O)COC1. The number of Topliss-reactive ketones (excluding diaryl/α,β-unsaturated/α-hetero) is 1. The highest BCUT2D eigenvalue weighted by Gasteiger charge is 2.41. The predicted octanol–water partition coefficient (Wildman–Crippen LogP) is 4.12. The second kappa shape index (κ2) is 8.57. The number of nitrogens with zero attached hydrogens (tertiary/aromatic N) is 2. The van der Waals surface area contributed by atoms with Crippen molar-refractivity contribution in [1.29, 1.82) is 0 Å². The monoisotopic (exact) mass is 458 g/mol. The molecule has 1 saturated heterocycles. The second-order valence-electron chi connectivity index (χ2n) is 7.98. The first-order valence-corrected chi connectivity index (χ1v) is 10.1. The van der Waals surface area contributed by atoms with Gasteiger partial charge < -0.3 is 14.6 Å². The fourth-order valence-corrected chi connectivity index (χ4v) is 3.68. The number of ether oxygens (including phenoxy) is 2. The maximum atomic E-state index is 12.9. The smallest absolute Gasteiger partial charge is 0.433 e. The maximum absolute atomic E-state index is 12.9. The molecule has 0 atom stereocenters. The van der Waals surface area contributed by atoms with Gasteiger partial charge in [-0.15, -0.1) is 0 Å². The zero-order valence-electron chi connectivity index (χ0n) is 17.9. The lowest BCUT2D eigenvalue weighted by molar-refractivity contribution is -0.185. The molecule has 1 aliphatic rings. The molecule has 172 valence electrons. The van der Waals surface area contributed by atoms with Gasteiger partial charge in [0.05, 0.1) is 25.9 Å². The van der Waals surface area contributed by atoms with Gasteiger partial charge in [-0.1, -0.05) is 12.1 Å². The first kappa shape index (κ1) is 22.9. The highest BCUT2D eigenvalue weighted by molar-refractivity contribution is 5.98. The molecule has 4 rings (SSSR count). The molecule has 1 fully saturated rings. The van der Waals surface area contributed by atoms with Crippen LogP contribution in [0.25, 0.3) is 11.1 Å². The number of aromatic nitrogens is 2. The lowest BCUT2D eigenvalue weighted by Gasteiger charge is -2.37. The van der Waals surface area contributed by atoms with E-state index in [1.54, 1.807) is 30.5 Å². The van der Waals surface area contributed by atoms with Crippen molar-refractivity contribution in [2.24, 2.45) is 0 Å². The summed E-state index contributed by atoms with van der Waals surface area (Å²) < 4.78 is 49.2. The van der Waals surface area contributed by atoms with Gasteiger partial charge in [0.15, 0.2) is 5.78 Å². The summed E-state index contributed by atoms with van der Waals surface area (Å²) in [6.07, 6.45) is -2.15. The summed E-state index contributed by atoms with van der Waals surface area (Å²) in [5, 5.41) is 10.7. The molecule has 33 heavy (non-hydrogen) atoms. The van der Waals surface area contributed by atoms with Gasteiger partial charge in [0.2, 0.25) is 5.88 Å². The Kier molecular flexibility index (Phi) is 5.94. The van der Waals surface area contributed by atoms with Gasteiger partial charge in [0.25, 0.3) is 0 Å². The Morgan fingerprint density at radius 1 is 1.18 bits per heavy atom. The zero-order chi connectivity index (χ0) is 23.8. The minimum Gasteiger partial charge on any atom is -0.481 e. The number of benzene rings is 1. The lowest BCUT2D eigenvalue weighted by Crippen LogP contribution is -2.46. The molecule has 0 radical (unpaired) electrons. The van der Waals surface area contributed by atoms with Crippen molar-refractivity contribution < 1.29 is 32.5 Å². The van der Waals surface area contributed by atoms with Crippen molar-refractivity contribution in [3.63, 3.8) is 0 Å². The van der Waals surface area contributed by atoms with Gasteiger partial charge in [-0.05, 0) is 47.9 Å². The highest BCUT2D eigenvalue weighted by Crippen LogP contribution is 2.37. The van der Waals surface area contributed by atoms with E-state index in [-0.39, 0.29) is 36.9 Å². The van der Waals surface area contributed by atoms with E-state index in [0.717, 1.165) is 17.8 Å². The number of hydrogen-bond acceptors (Lipinski definition) is 6. The molecule has 1 N–H and O–H groups in total. The van der Waals surface area contributed by atoms with E-state index in [4.69, 9.17) is 9.47 Å². The third kappa shape index (κ3) is 4.60. The molecule has 3 heterocycles. The van der Waals surface area contributed by atoms with Crippen molar-refractivity contribution in [3.05, 3.63) is 76.7 Å². The second-order valence-corrected chi connectivity index (χ2v) is 7.98. The Hall–Kier alpha value is -3.30. The third-order valence-corrected chi connectivity index (χ3v) is 5.58. The van der Waals surface area contributed by atoms with E-state index in [2.05, 4.69) is 9.97 Å². The number of ketones is 1. The normalized spacial score (nSPS) is 15.1. The average Bonchev–Trinajstić information content (AvgIpc) is 2.77. The van der Waals surface area contributed by atoms with Crippen molar-refractivity contribution in [1.82, 2.24) is 9.97 Å². The number of hydrogen-bond donors (Lipinski definition) is 1. The molecule has 0 spiro atoms. The van der Waals surface area contributed by atoms with E-state index >= 15 is 0 Å². The summed E-state index contributed by atoms with van der Waals surface area (Å²) in [5.41, 5.74) is 1.08. The molecule has 1 aromatic carbocycles. The van der Waals surface area contributed by atoms with Crippen LogP contribution in [0.2, 0.25) is 0 Å². The van der Waals surface area contributed by atoms with E-state index < -0.39 is 17.5 Å². The summed E-state index contributed by atoms with van der Waals surface area (Å²) in [6.45, 7) is 2.11. The molecular formula is C24H21F3N2O4. The first-order chi connectivity index (χ1) is 15.6. The van der Waals surface area contributed by atoms with Crippen LogP contribution >= 0.6 is 0 Å². The molecule has 0 bridgehead atoms. The molecule has 3 aromatic rings. The number of carbonyl (C=O) groups excluding carboxylic acids is 1. The molecule has 2 aromatic heterocycles. The summed E-state index contributed by atoms with van der Waals surface area (Å²) in [4.78, 5) is 20.5. The number of methoxy groups -OCH3 is 1. The van der Waals surface area contributed by atoms with E-state index in [0.29, 0.717) is 22.3 Å². The topological polar surface area (TPSA) is 81.5 Å². The Balaban J connectivity index is 1.65. The summed E-state index contributed by atoms with van der Waals surface area (Å²) in [6, 6.07) is 9.11. The van der Waals surface area contributed by atoms with Gasteiger partial charge in [-0.3, -0.25) is 9.78 Å². The summed E-state index contributed by atoms with van der Waals surface area (Å²) >= 11 is 0. The van der Waals surface area contributed by atoms with Crippen LogP contribution < -0.4 is 4.74 Å². The quantitative estimate of drug-likeness (QED) is 0.560. The van der Waals surface area contributed by atoms with Gasteiger partial charge in [-0.25, -0.2) is 4.98 Å². The Bertz CT molecular complexity index is 1210. The van der Waals surface area contributed by atoms with Crippen molar-refractivity contribution in [2.45, 2.75) is 25.1 Å². The van der Waals surface area contributed by atoms with Crippen LogP contribution in [0.5, 0.6) is 5.88 Å². The zero-order valence-corrected chi connectivity index (χ0v) is 17.9. The first-order valence-electron chi connectivity index (χ1n) is 10.1. The number of aryl methyl sites for hydroxylation is 1. The van der Waals surface area contributed by atoms with Crippen LogP contribution in [0.15, 0.2) is 48.8 Å². The standard InChI is InChI=1S/C24H21F3N2O4/c1-14-3-4-16(20(30)7-15-5-6-28-21(8-15)24(25,26)27)9-18(14)17-10-19(22(32-2)29-11-17)23(31)12-33-13-23/h3-6,8-11,31H,7,12-13H2,1-2H3. The van der Waals surface area contributed by atoms with E-state index in [1.807, 2.05) is 6.92 Å². The fraction of sp³-hybridized carbons (Fsp3) is 0.292. The fourth-order valence-electron chi connectivity index (χ4n) is 3.68. The third-order valence-electron chi connectivity index (χ3n) is 5.58. The number of aliphatic hydroxyl groups is 1. The number of carbonyl (C=O) groups is 1. The van der Waals surface area contributed by atoms with Gasteiger partial charge in [-0.2, -0.15) is 13.2 Å². The lowest BCUT2D eigenvalue weighted by atomic mass is 9.89. The molecule has 0 aliphatic carbocycles. The minimum absolute atomic E-state index is 0.123. The van der Waals surface area contributed by atoms with Gasteiger partial charge in [0.1, 0.15) is 11.3 Å². The largest absolute Gasteiger partial charge is 0.481 e. The number of halogens is 3. The molecule has 0 saturated carbocycles. The van der Waals surface area contributed by atoms with Crippen molar-refractivity contribution in [2.75, 3.05) is 20.3 Å². The maximum Gasteiger partial charge on any atom is 0.433 e. The highest BCUT2D eigenvalue weighted by atomic mass is 19.4. The van der Waals surface area contributed by atoms with Crippen LogP contribution in [0.4, 0.5) is 13.2 Å². The van der Waals surface area contributed by atoms with Crippen LogP contribution in [-0.4, -0.2) is 41.2 Å². The minimum atomic E-state index is -4.58. The molecule has 0 amide bonds. The Labute approximate surface area is 188 Å². The van der Waals surface area contributed by atoms with Crippen LogP contribution in [0.1, 0.15) is 32.7 Å². The molecule has 1 aliphatic heterocycles. The van der Waals surface area contributed by atoms with E-state index in [1.165, 1.54) is 13.2 Å².